The predicted octanol–water partition coefficient (Wildman–Crippen LogP) is 9.60. The summed E-state index contributed by atoms with van der Waals surface area (Å²) >= 11 is 0. The topological polar surface area (TPSA) is 134 Å². The second kappa shape index (κ2) is 14.7. The van der Waals surface area contributed by atoms with Crippen LogP contribution in [0.5, 0.6) is 34.5 Å². The number of fused-ring (bicyclic) bond motifs is 4. The van der Waals surface area contributed by atoms with Crippen LogP contribution in [0.2, 0.25) is 0 Å². The second-order valence-electron chi connectivity index (χ2n) is 14.7. The summed E-state index contributed by atoms with van der Waals surface area (Å²) in [6.45, 7) is 14.1. The van der Waals surface area contributed by atoms with Crippen molar-refractivity contribution in [2.24, 2.45) is 0 Å². The van der Waals surface area contributed by atoms with Crippen LogP contribution in [0.15, 0.2) is 83.5 Å². The molecule has 0 heterocycles. The Morgan fingerprint density at radius 1 is 0.547 bits per heavy atom. The molecule has 0 saturated carbocycles. The molecule has 2 atom stereocenters. The lowest BCUT2D eigenvalue weighted by atomic mass is 9.63. The fourth-order valence-electron chi connectivity index (χ4n) is 7.55. The minimum atomic E-state index is -0.807. The van der Waals surface area contributed by atoms with Crippen LogP contribution in [0, 0.1) is 13.8 Å². The van der Waals surface area contributed by atoms with Gasteiger partial charge < -0.3 is 29.9 Å². The number of aryl methyl sites for hydroxylation is 2. The molecule has 274 valence electrons. The monoisotopic (exact) mass is 714 g/mol. The molecule has 2 aliphatic carbocycles. The average molecular weight is 715 g/mol. The molecular weight excluding hydrogens is 668 g/mol. The molecule has 0 bridgehead atoms. The lowest BCUT2D eigenvalue weighted by Gasteiger charge is -2.39. The molecule has 4 aromatic rings. The normalized spacial score (nSPS) is 15.9. The summed E-state index contributed by atoms with van der Waals surface area (Å²) in [7, 11) is 0. The predicted molar refractivity (Wildman–Crippen MR) is 205 cm³/mol. The number of phenolic OH excluding ortho intramolecular Hbond substituents is 4. The molecule has 53 heavy (non-hydrogen) atoms. The molecule has 2 unspecified atom stereocenters. The van der Waals surface area contributed by atoms with Crippen molar-refractivity contribution in [3.8, 4) is 34.5 Å². The van der Waals surface area contributed by atoms with Gasteiger partial charge in [0.1, 0.15) is 47.7 Å². The van der Waals surface area contributed by atoms with E-state index in [2.05, 4.69) is 19.9 Å². The molecule has 0 aliphatic heterocycles. The molecule has 8 nitrogen and oxygen atoms in total. The van der Waals surface area contributed by atoms with Crippen molar-refractivity contribution in [3.05, 3.63) is 139 Å². The van der Waals surface area contributed by atoms with E-state index in [9.17, 15) is 30.0 Å². The average Bonchev–Trinajstić information content (AvgIpc) is 3.04. The number of allylic oxidation sites excluding steroid dienone is 4. The fourth-order valence-corrected chi connectivity index (χ4v) is 7.55. The highest BCUT2D eigenvalue weighted by atomic mass is 16.5. The third-order valence-corrected chi connectivity index (χ3v) is 9.92. The van der Waals surface area contributed by atoms with Crippen LogP contribution < -0.4 is 9.47 Å². The number of carbonyl (C=O) groups is 2. The number of hydrogen-bond donors (Lipinski definition) is 4. The van der Waals surface area contributed by atoms with Crippen LogP contribution in [0.1, 0.15) is 125 Å². The Hall–Kier alpha value is -5.76. The molecule has 4 aromatic carbocycles. The van der Waals surface area contributed by atoms with Crippen LogP contribution in [0.4, 0.5) is 0 Å². The molecule has 0 radical (unpaired) electrons. The molecular formula is C45H46O8. The van der Waals surface area contributed by atoms with Gasteiger partial charge >= 0.3 is 0 Å². The summed E-state index contributed by atoms with van der Waals surface area (Å²) in [6.07, 6.45) is 7.85. The van der Waals surface area contributed by atoms with E-state index in [1.54, 1.807) is 12.1 Å². The Morgan fingerprint density at radius 3 is 1.34 bits per heavy atom. The van der Waals surface area contributed by atoms with E-state index in [1.165, 1.54) is 29.8 Å². The Kier molecular flexibility index (Phi) is 10.3. The van der Waals surface area contributed by atoms with Gasteiger partial charge in [0.15, 0.2) is 0 Å². The highest BCUT2D eigenvalue weighted by molar-refractivity contribution is 6.18. The first-order valence-electron chi connectivity index (χ1n) is 17.8. The summed E-state index contributed by atoms with van der Waals surface area (Å²) in [6, 6.07) is 12.9. The Morgan fingerprint density at radius 2 is 0.925 bits per heavy atom. The van der Waals surface area contributed by atoms with Gasteiger partial charge in [-0.15, -0.1) is 0 Å². The number of rotatable bonds is 10. The number of carbonyl (C=O) groups excluding carboxylic acids is 2. The van der Waals surface area contributed by atoms with Gasteiger partial charge in [0.2, 0.25) is 11.6 Å². The van der Waals surface area contributed by atoms with E-state index < -0.39 is 23.4 Å². The van der Waals surface area contributed by atoms with Gasteiger partial charge in [-0.25, -0.2) is 0 Å². The zero-order chi connectivity index (χ0) is 38.3. The second-order valence-corrected chi connectivity index (χ2v) is 14.7. The van der Waals surface area contributed by atoms with Crippen molar-refractivity contribution in [2.45, 2.75) is 73.1 Å². The molecule has 0 saturated heterocycles. The first-order chi connectivity index (χ1) is 25.2. The first kappa shape index (κ1) is 37.0. The zero-order valence-electron chi connectivity index (χ0n) is 31.3. The van der Waals surface area contributed by atoms with Crippen molar-refractivity contribution in [1.29, 1.82) is 0 Å². The van der Waals surface area contributed by atoms with Gasteiger partial charge in [0.05, 0.1) is 22.3 Å². The largest absolute Gasteiger partial charge is 0.507 e. The van der Waals surface area contributed by atoms with Gasteiger partial charge in [-0.3, -0.25) is 9.59 Å². The third-order valence-electron chi connectivity index (χ3n) is 9.92. The third kappa shape index (κ3) is 7.18. The first-order valence-corrected chi connectivity index (χ1v) is 17.8. The van der Waals surface area contributed by atoms with Crippen molar-refractivity contribution in [1.82, 2.24) is 0 Å². The van der Waals surface area contributed by atoms with Crippen molar-refractivity contribution < 1.29 is 39.5 Å². The van der Waals surface area contributed by atoms with E-state index in [4.69, 9.17) is 9.47 Å². The number of phenols is 4. The van der Waals surface area contributed by atoms with Crippen LogP contribution in [0.3, 0.4) is 0 Å². The van der Waals surface area contributed by atoms with E-state index in [-0.39, 0.29) is 58.5 Å². The van der Waals surface area contributed by atoms with Gasteiger partial charge in [-0.1, -0.05) is 34.9 Å². The lowest BCUT2D eigenvalue weighted by Crippen LogP contribution is -2.30. The number of ketones is 2. The summed E-state index contributed by atoms with van der Waals surface area (Å²) in [5.74, 6) is -3.18. The van der Waals surface area contributed by atoms with Crippen LogP contribution in [0.25, 0.3) is 0 Å². The molecule has 0 aromatic heterocycles. The maximum atomic E-state index is 14.3. The van der Waals surface area contributed by atoms with E-state index in [1.807, 2.05) is 58.9 Å². The number of aromatic hydroxyl groups is 4. The number of hydrogen-bond acceptors (Lipinski definition) is 8. The summed E-state index contributed by atoms with van der Waals surface area (Å²) in [5, 5.41) is 45.6. The number of ether oxygens (including phenoxy) is 2. The van der Waals surface area contributed by atoms with Crippen LogP contribution in [-0.4, -0.2) is 45.2 Å². The highest BCUT2D eigenvalue weighted by Gasteiger charge is 2.46. The Bertz CT molecular complexity index is 2250. The molecule has 8 heteroatoms. The van der Waals surface area contributed by atoms with E-state index in [0.717, 1.165) is 24.0 Å². The fraction of sp³-hybridized carbons (Fsp3) is 0.289. The molecule has 0 fully saturated rings. The SMILES string of the molecule is CC(C)=CCCC(C)=CCOc1cc(O)c2c(c1)C(C1c3cc(C)cc(O)c3C(=O)c3c(O)cc(OCC=C(C)C)cc31)c1cc(C)cc(O)c1C2=O. The van der Waals surface area contributed by atoms with Crippen molar-refractivity contribution in [2.75, 3.05) is 13.2 Å². The van der Waals surface area contributed by atoms with Gasteiger partial charge in [-0.2, -0.15) is 0 Å². The standard InChI is InChI=1S/C45H46O8/c1-23(2)9-8-10-25(5)12-14-53-29-20-33-39(31-16-27(7)18-35(47)41(31)45(51)43(33)37(49)22-29)38-30-15-26(6)17-34(46)40(30)44(50)42-32(38)19-28(21-36(42)48)52-13-11-24(3)4/h9,11-12,15-22,38-39,46-49H,8,10,13-14H2,1-7H3. The van der Waals surface area contributed by atoms with Gasteiger partial charge in [0.25, 0.3) is 0 Å². The van der Waals surface area contributed by atoms with E-state index in [0.29, 0.717) is 44.9 Å². The van der Waals surface area contributed by atoms with Crippen LogP contribution >= 0.6 is 0 Å². The van der Waals surface area contributed by atoms with Crippen LogP contribution in [-0.2, 0) is 0 Å². The van der Waals surface area contributed by atoms with E-state index >= 15 is 0 Å². The minimum absolute atomic E-state index is 0.000455. The minimum Gasteiger partial charge on any atom is -0.507 e. The zero-order valence-corrected chi connectivity index (χ0v) is 31.3. The molecule has 6 rings (SSSR count). The molecule has 4 N–H and O–H groups in total. The molecule has 0 amide bonds. The van der Waals surface area contributed by atoms with Gasteiger partial charge in [0, 0.05) is 24.0 Å². The van der Waals surface area contributed by atoms with Crippen molar-refractivity contribution >= 4 is 11.6 Å². The molecule has 2 aliphatic rings. The highest BCUT2D eigenvalue weighted by Crippen LogP contribution is 2.57. The van der Waals surface area contributed by atoms with Gasteiger partial charge in [-0.05, 0) is 131 Å². The smallest absolute Gasteiger partial charge is 0.201 e. The summed E-state index contributed by atoms with van der Waals surface area (Å²) in [4.78, 5) is 28.5. The lowest BCUT2D eigenvalue weighted by molar-refractivity contribution is 0.101. The maximum Gasteiger partial charge on any atom is 0.201 e. The summed E-state index contributed by atoms with van der Waals surface area (Å²) in [5.41, 5.74) is 6.66. The summed E-state index contributed by atoms with van der Waals surface area (Å²) < 4.78 is 12.2. The Labute approximate surface area is 310 Å². The quantitative estimate of drug-likeness (QED) is 0.119. The Balaban J connectivity index is 1.58. The van der Waals surface area contributed by atoms with Crippen molar-refractivity contribution in [3.63, 3.8) is 0 Å². The molecule has 0 spiro atoms. The maximum absolute atomic E-state index is 14.3. The number of benzene rings is 4.